The number of ether oxygens (including phenoxy) is 2. The van der Waals surface area contributed by atoms with Gasteiger partial charge in [-0.25, -0.2) is 13.2 Å². The van der Waals surface area contributed by atoms with Crippen LogP contribution in [0.25, 0.3) is 0 Å². The van der Waals surface area contributed by atoms with E-state index in [1.54, 1.807) is 12.1 Å². The Kier molecular flexibility index (Phi) is 5.25. The Hall–Kier alpha value is -1.80. The van der Waals surface area contributed by atoms with E-state index in [2.05, 4.69) is 0 Å². The molecular formula is C14H19NO6S. The molecule has 1 heterocycles. The van der Waals surface area contributed by atoms with Gasteiger partial charge in [0, 0.05) is 19.6 Å². The van der Waals surface area contributed by atoms with Crippen molar-refractivity contribution in [2.75, 3.05) is 38.3 Å². The van der Waals surface area contributed by atoms with Gasteiger partial charge >= 0.3 is 5.97 Å². The van der Waals surface area contributed by atoms with Crippen molar-refractivity contribution in [2.45, 2.75) is 6.54 Å². The molecule has 1 fully saturated rings. The van der Waals surface area contributed by atoms with Crippen molar-refractivity contribution in [3.8, 4) is 11.5 Å². The lowest BCUT2D eigenvalue weighted by molar-refractivity contribution is -0.139. The second kappa shape index (κ2) is 6.97. The van der Waals surface area contributed by atoms with Crippen LogP contribution in [0, 0.1) is 0 Å². The number of carbonyl (C=O) groups is 1. The average molecular weight is 329 g/mol. The number of hydrogen-bond acceptors (Lipinski definition) is 6. The highest BCUT2D eigenvalue weighted by molar-refractivity contribution is 7.91. The number of aliphatic carboxylic acids is 1. The number of rotatable bonds is 6. The molecule has 1 saturated heterocycles. The van der Waals surface area contributed by atoms with Crippen LogP contribution >= 0.6 is 0 Å². The van der Waals surface area contributed by atoms with Gasteiger partial charge in [0.2, 0.25) is 0 Å². The first-order chi connectivity index (χ1) is 10.4. The standard InChI is InChI=1S/C14H19NO6S/c1-20-12-3-2-11(8-13(12)21-10-14(16)17)9-15-4-6-22(18,19)7-5-15/h2-3,8H,4-7,9-10H2,1H3,(H,16,17). The normalized spacial score (nSPS) is 17.9. The molecule has 1 aromatic rings. The van der Waals surface area contributed by atoms with Crippen molar-refractivity contribution in [1.82, 2.24) is 4.90 Å². The molecule has 0 radical (unpaired) electrons. The summed E-state index contributed by atoms with van der Waals surface area (Å²) in [7, 11) is -1.41. The van der Waals surface area contributed by atoms with Crippen molar-refractivity contribution in [3.63, 3.8) is 0 Å². The molecule has 22 heavy (non-hydrogen) atoms. The zero-order chi connectivity index (χ0) is 16.2. The first-order valence-electron chi connectivity index (χ1n) is 6.84. The summed E-state index contributed by atoms with van der Waals surface area (Å²) in [5.74, 6) is 0.115. The fourth-order valence-corrected chi connectivity index (χ4v) is 3.52. The number of carboxylic acids is 1. The molecule has 0 bridgehead atoms. The molecule has 1 aliphatic rings. The van der Waals surface area contributed by atoms with Crippen LogP contribution in [0.1, 0.15) is 5.56 Å². The third kappa shape index (κ3) is 4.60. The van der Waals surface area contributed by atoms with Crippen molar-refractivity contribution in [1.29, 1.82) is 0 Å². The number of nitrogens with zero attached hydrogens (tertiary/aromatic N) is 1. The van der Waals surface area contributed by atoms with Crippen molar-refractivity contribution in [3.05, 3.63) is 23.8 Å². The minimum absolute atomic E-state index is 0.172. The van der Waals surface area contributed by atoms with Gasteiger partial charge in [0.1, 0.15) is 0 Å². The first kappa shape index (κ1) is 16.6. The van der Waals surface area contributed by atoms with Crippen LogP contribution in [0.15, 0.2) is 18.2 Å². The van der Waals surface area contributed by atoms with E-state index in [1.165, 1.54) is 7.11 Å². The maximum Gasteiger partial charge on any atom is 0.341 e. The molecule has 0 aliphatic carbocycles. The predicted molar refractivity (Wildman–Crippen MR) is 80.1 cm³/mol. The van der Waals surface area contributed by atoms with E-state index >= 15 is 0 Å². The number of benzene rings is 1. The van der Waals surface area contributed by atoms with Gasteiger partial charge in [-0.05, 0) is 17.7 Å². The second-order valence-corrected chi connectivity index (χ2v) is 7.40. The molecular weight excluding hydrogens is 310 g/mol. The minimum atomic E-state index is -2.90. The lowest BCUT2D eigenvalue weighted by Crippen LogP contribution is -2.39. The van der Waals surface area contributed by atoms with Gasteiger partial charge in [-0.3, -0.25) is 4.90 Å². The van der Waals surface area contributed by atoms with E-state index in [0.29, 0.717) is 31.1 Å². The third-order valence-corrected chi connectivity index (χ3v) is 5.03. The van der Waals surface area contributed by atoms with E-state index in [0.717, 1.165) is 5.56 Å². The summed E-state index contributed by atoms with van der Waals surface area (Å²) < 4.78 is 33.2. The van der Waals surface area contributed by atoms with E-state index in [4.69, 9.17) is 14.6 Å². The van der Waals surface area contributed by atoms with Crippen molar-refractivity contribution < 1.29 is 27.8 Å². The Labute approximate surface area is 129 Å². The predicted octanol–water partition coefficient (Wildman–Crippen LogP) is 0.389. The fraction of sp³-hybridized carbons (Fsp3) is 0.500. The number of hydrogen-bond donors (Lipinski definition) is 1. The number of sulfone groups is 1. The molecule has 0 atom stereocenters. The van der Waals surface area contributed by atoms with Crippen LogP contribution in [-0.2, 0) is 21.2 Å². The molecule has 1 aromatic carbocycles. The highest BCUT2D eigenvalue weighted by Gasteiger charge is 2.21. The molecule has 0 spiro atoms. The fourth-order valence-electron chi connectivity index (χ4n) is 2.24. The molecule has 1 N–H and O–H groups in total. The Bertz CT molecular complexity index is 629. The van der Waals surface area contributed by atoms with E-state index < -0.39 is 22.4 Å². The van der Waals surface area contributed by atoms with Crippen LogP contribution < -0.4 is 9.47 Å². The summed E-state index contributed by atoms with van der Waals surface area (Å²) in [6.07, 6.45) is 0. The highest BCUT2D eigenvalue weighted by Crippen LogP contribution is 2.28. The van der Waals surface area contributed by atoms with Crippen LogP contribution in [0.5, 0.6) is 11.5 Å². The van der Waals surface area contributed by atoms with E-state index in [-0.39, 0.29) is 11.5 Å². The topological polar surface area (TPSA) is 93.1 Å². The van der Waals surface area contributed by atoms with Crippen LogP contribution in [0.3, 0.4) is 0 Å². The molecule has 0 unspecified atom stereocenters. The Morgan fingerprint density at radius 2 is 1.95 bits per heavy atom. The van der Waals surface area contributed by atoms with Gasteiger partial charge in [-0.15, -0.1) is 0 Å². The summed E-state index contributed by atoms with van der Waals surface area (Å²) in [6.45, 7) is 1.14. The lowest BCUT2D eigenvalue weighted by Gasteiger charge is -2.26. The molecule has 2 rings (SSSR count). The lowest BCUT2D eigenvalue weighted by atomic mass is 10.2. The van der Waals surface area contributed by atoms with Crippen molar-refractivity contribution in [2.24, 2.45) is 0 Å². The van der Waals surface area contributed by atoms with E-state index in [1.807, 2.05) is 11.0 Å². The first-order valence-corrected chi connectivity index (χ1v) is 8.66. The van der Waals surface area contributed by atoms with Crippen LogP contribution in [-0.4, -0.2) is 62.7 Å². The summed E-state index contributed by atoms with van der Waals surface area (Å²) in [5, 5.41) is 8.69. The van der Waals surface area contributed by atoms with Gasteiger partial charge < -0.3 is 14.6 Å². The Morgan fingerprint density at radius 1 is 1.27 bits per heavy atom. The van der Waals surface area contributed by atoms with Crippen LogP contribution in [0.4, 0.5) is 0 Å². The molecule has 0 aromatic heterocycles. The van der Waals surface area contributed by atoms with E-state index in [9.17, 15) is 13.2 Å². The molecule has 0 amide bonds. The third-order valence-electron chi connectivity index (χ3n) is 3.42. The number of carboxylic acid groups (broad SMARTS) is 1. The summed E-state index contributed by atoms with van der Waals surface area (Å²) in [4.78, 5) is 12.6. The van der Waals surface area contributed by atoms with Gasteiger partial charge in [0.15, 0.2) is 27.9 Å². The highest BCUT2D eigenvalue weighted by atomic mass is 32.2. The molecule has 0 saturated carbocycles. The summed E-state index contributed by atoms with van der Waals surface area (Å²) >= 11 is 0. The number of methoxy groups -OCH3 is 1. The minimum Gasteiger partial charge on any atom is -0.493 e. The van der Waals surface area contributed by atoms with Crippen molar-refractivity contribution >= 4 is 15.8 Å². The molecule has 7 nitrogen and oxygen atoms in total. The Morgan fingerprint density at radius 3 is 2.55 bits per heavy atom. The SMILES string of the molecule is COc1ccc(CN2CCS(=O)(=O)CC2)cc1OCC(=O)O. The second-order valence-electron chi connectivity index (χ2n) is 5.10. The Balaban J connectivity index is 2.05. The summed E-state index contributed by atoms with van der Waals surface area (Å²) in [6, 6.07) is 5.30. The largest absolute Gasteiger partial charge is 0.493 e. The maximum absolute atomic E-state index is 11.4. The zero-order valence-corrected chi connectivity index (χ0v) is 13.1. The molecule has 8 heteroatoms. The van der Waals surface area contributed by atoms with Gasteiger partial charge in [-0.1, -0.05) is 6.07 Å². The monoisotopic (exact) mass is 329 g/mol. The maximum atomic E-state index is 11.4. The smallest absolute Gasteiger partial charge is 0.341 e. The van der Waals surface area contributed by atoms with Crippen LogP contribution in [0.2, 0.25) is 0 Å². The van der Waals surface area contributed by atoms with Gasteiger partial charge in [-0.2, -0.15) is 0 Å². The van der Waals surface area contributed by atoms with Gasteiger partial charge in [0.25, 0.3) is 0 Å². The zero-order valence-electron chi connectivity index (χ0n) is 12.3. The van der Waals surface area contributed by atoms with Gasteiger partial charge in [0.05, 0.1) is 18.6 Å². The quantitative estimate of drug-likeness (QED) is 0.807. The average Bonchev–Trinajstić information content (AvgIpc) is 2.47. The molecule has 1 aliphatic heterocycles. The summed E-state index contributed by atoms with van der Waals surface area (Å²) in [5.41, 5.74) is 0.917. The molecule has 122 valence electrons.